The molecule has 0 unspecified atom stereocenters. The van der Waals surface area contributed by atoms with Crippen molar-refractivity contribution < 1.29 is 4.42 Å². The van der Waals surface area contributed by atoms with Gasteiger partial charge in [0, 0.05) is 13.2 Å². The molecule has 0 saturated heterocycles. The second-order valence-corrected chi connectivity index (χ2v) is 6.86. The third kappa shape index (κ3) is 3.48. The summed E-state index contributed by atoms with van der Waals surface area (Å²) in [6.07, 6.45) is 3.53. The molecule has 9 nitrogen and oxygen atoms in total. The Balaban J connectivity index is 1.57. The Bertz CT molecular complexity index is 1350. The summed E-state index contributed by atoms with van der Waals surface area (Å²) in [5, 5.41) is 13.3. The number of hydrogen-bond acceptors (Lipinski definition) is 6. The zero-order valence-electron chi connectivity index (χ0n) is 16.0. The average Bonchev–Trinajstić information content (AvgIpc) is 3.23. The van der Waals surface area contributed by atoms with Crippen molar-refractivity contribution in [1.29, 1.82) is 5.26 Å². The first-order chi connectivity index (χ1) is 14.0. The van der Waals surface area contributed by atoms with E-state index >= 15 is 0 Å². The van der Waals surface area contributed by atoms with Crippen LogP contribution in [0.5, 0.6) is 0 Å². The van der Waals surface area contributed by atoms with Crippen LogP contribution in [-0.2, 0) is 26.6 Å². The SMILES string of the molecule is Cc1ccc(CCn2nc(Cn3cnc4c(C#N)cn(C)c4c3=O)oc2=O)cc1. The summed E-state index contributed by atoms with van der Waals surface area (Å²) < 4.78 is 9.32. The lowest BCUT2D eigenvalue weighted by molar-refractivity contribution is 0.434. The van der Waals surface area contributed by atoms with Crippen LogP contribution in [-0.4, -0.2) is 23.9 Å². The minimum absolute atomic E-state index is 0.0262. The van der Waals surface area contributed by atoms with Crippen molar-refractivity contribution in [2.24, 2.45) is 7.05 Å². The van der Waals surface area contributed by atoms with Crippen LogP contribution < -0.4 is 11.3 Å². The fourth-order valence-corrected chi connectivity index (χ4v) is 3.20. The van der Waals surface area contributed by atoms with Crippen LogP contribution in [0, 0.1) is 18.3 Å². The van der Waals surface area contributed by atoms with E-state index in [1.165, 1.54) is 21.1 Å². The second-order valence-electron chi connectivity index (χ2n) is 6.86. The van der Waals surface area contributed by atoms with E-state index in [1.807, 2.05) is 37.3 Å². The van der Waals surface area contributed by atoms with Gasteiger partial charge in [-0.05, 0) is 18.9 Å². The van der Waals surface area contributed by atoms with E-state index in [-0.39, 0.29) is 18.0 Å². The largest absolute Gasteiger partial charge is 0.437 e. The quantitative estimate of drug-likeness (QED) is 0.509. The summed E-state index contributed by atoms with van der Waals surface area (Å²) in [7, 11) is 1.68. The van der Waals surface area contributed by atoms with Crippen molar-refractivity contribution in [1.82, 2.24) is 23.9 Å². The molecule has 0 amide bonds. The maximum Gasteiger partial charge on any atom is 0.437 e. The molecule has 146 valence electrons. The molecule has 0 atom stereocenters. The molecule has 0 aliphatic heterocycles. The van der Waals surface area contributed by atoms with Crippen LogP contribution in [0.25, 0.3) is 11.0 Å². The maximum atomic E-state index is 12.8. The fourth-order valence-electron chi connectivity index (χ4n) is 3.20. The number of benzene rings is 1. The predicted octanol–water partition coefficient (Wildman–Crippen LogP) is 1.36. The van der Waals surface area contributed by atoms with Gasteiger partial charge in [0.25, 0.3) is 5.56 Å². The standard InChI is InChI=1S/C20H18N6O3/c1-13-3-5-14(6-4-13)7-8-26-20(28)29-16(23-26)11-25-12-22-17-15(9-21)10-24(2)18(17)19(25)27/h3-6,10,12H,7-8,11H2,1-2H3. The molecule has 0 N–H and O–H groups in total. The van der Waals surface area contributed by atoms with Crippen molar-refractivity contribution in [3.63, 3.8) is 0 Å². The molecule has 0 bridgehead atoms. The molecular weight excluding hydrogens is 372 g/mol. The van der Waals surface area contributed by atoms with Gasteiger partial charge in [-0.3, -0.25) is 9.36 Å². The molecule has 29 heavy (non-hydrogen) atoms. The summed E-state index contributed by atoms with van der Waals surface area (Å²) in [6, 6.07) is 10.1. The lowest BCUT2D eigenvalue weighted by Crippen LogP contribution is -2.22. The summed E-state index contributed by atoms with van der Waals surface area (Å²) in [6.45, 7) is 2.37. The Morgan fingerprint density at radius 3 is 2.69 bits per heavy atom. The van der Waals surface area contributed by atoms with Gasteiger partial charge in [-0.2, -0.15) is 9.94 Å². The van der Waals surface area contributed by atoms with E-state index in [4.69, 9.17) is 9.68 Å². The number of nitrogens with zero attached hydrogens (tertiary/aromatic N) is 6. The highest BCUT2D eigenvalue weighted by Gasteiger charge is 2.15. The Hall–Kier alpha value is -3.93. The number of nitriles is 1. The summed E-state index contributed by atoms with van der Waals surface area (Å²) >= 11 is 0. The van der Waals surface area contributed by atoms with Gasteiger partial charge in [-0.1, -0.05) is 29.8 Å². The van der Waals surface area contributed by atoms with Crippen LogP contribution >= 0.6 is 0 Å². The molecule has 0 spiro atoms. The molecule has 0 aliphatic rings. The van der Waals surface area contributed by atoms with Gasteiger partial charge in [0.05, 0.1) is 18.4 Å². The monoisotopic (exact) mass is 390 g/mol. The summed E-state index contributed by atoms with van der Waals surface area (Å²) in [5.41, 5.74) is 2.92. The number of rotatable bonds is 5. The Morgan fingerprint density at radius 1 is 1.21 bits per heavy atom. The van der Waals surface area contributed by atoms with E-state index in [0.717, 1.165) is 5.56 Å². The maximum absolute atomic E-state index is 12.8. The van der Waals surface area contributed by atoms with E-state index in [9.17, 15) is 9.59 Å². The smallest absolute Gasteiger partial charge is 0.390 e. The fraction of sp³-hybridized carbons (Fsp3) is 0.250. The molecule has 4 aromatic rings. The second kappa shape index (κ2) is 7.24. The Morgan fingerprint density at radius 2 is 1.97 bits per heavy atom. The Kier molecular flexibility index (Phi) is 4.60. The van der Waals surface area contributed by atoms with Gasteiger partial charge < -0.3 is 8.98 Å². The highest BCUT2D eigenvalue weighted by Crippen LogP contribution is 2.13. The molecule has 9 heteroatoms. The van der Waals surface area contributed by atoms with Gasteiger partial charge in [0.2, 0.25) is 5.89 Å². The lowest BCUT2D eigenvalue weighted by Gasteiger charge is -2.03. The number of fused-ring (bicyclic) bond motifs is 1. The normalized spacial score (nSPS) is 11.1. The molecular formula is C20H18N6O3. The molecule has 0 radical (unpaired) electrons. The average molecular weight is 390 g/mol. The van der Waals surface area contributed by atoms with Crippen molar-refractivity contribution in [3.05, 3.63) is 80.3 Å². The van der Waals surface area contributed by atoms with E-state index in [2.05, 4.69) is 10.1 Å². The van der Waals surface area contributed by atoms with Crippen LogP contribution in [0.15, 0.2) is 50.8 Å². The van der Waals surface area contributed by atoms with Crippen LogP contribution in [0.4, 0.5) is 0 Å². The van der Waals surface area contributed by atoms with Crippen molar-refractivity contribution in [2.75, 3.05) is 0 Å². The molecule has 0 fully saturated rings. The Labute approximate surface area is 165 Å². The third-order valence-corrected chi connectivity index (χ3v) is 4.75. The van der Waals surface area contributed by atoms with Gasteiger partial charge >= 0.3 is 5.76 Å². The predicted molar refractivity (Wildman–Crippen MR) is 104 cm³/mol. The third-order valence-electron chi connectivity index (χ3n) is 4.75. The van der Waals surface area contributed by atoms with Crippen LogP contribution in [0.3, 0.4) is 0 Å². The molecule has 3 aromatic heterocycles. The lowest BCUT2D eigenvalue weighted by atomic mass is 10.1. The van der Waals surface area contributed by atoms with Crippen LogP contribution in [0.1, 0.15) is 22.6 Å². The van der Waals surface area contributed by atoms with Gasteiger partial charge in [-0.25, -0.2) is 9.78 Å². The van der Waals surface area contributed by atoms with Gasteiger partial charge in [-0.15, -0.1) is 5.10 Å². The highest BCUT2D eigenvalue weighted by molar-refractivity contribution is 5.81. The van der Waals surface area contributed by atoms with Crippen LogP contribution in [0.2, 0.25) is 0 Å². The number of hydrogen-bond donors (Lipinski definition) is 0. The van der Waals surface area contributed by atoms with E-state index in [0.29, 0.717) is 29.6 Å². The minimum Gasteiger partial charge on any atom is -0.390 e. The number of aryl methyl sites for hydroxylation is 4. The highest BCUT2D eigenvalue weighted by atomic mass is 16.4. The molecule has 0 saturated carbocycles. The van der Waals surface area contributed by atoms with Gasteiger partial charge in [0.15, 0.2) is 0 Å². The first-order valence-electron chi connectivity index (χ1n) is 9.03. The number of aromatic nitrogens is 5. The first-order valence-corrected chi connectivity index (χ1v) is 9.03. The molecule has 4 rings (SSSR count). The zero-order chi connectivity index (χ0) is 20.5. The molecule has 0 aliphatic carbocycles. The van der Waals surface area contributed by atoms with Crippen molar-refractivity contribution in [3.8, 4) is 6.07 Å². The minimum atomic E-state index is -0.570. The summed E-state index contributed by atoms with van der Waals surface area (Å²) in [4.78, 5) is 29.0. The van der Waals surface area contributed by atoms with E-state index < -0.39 is 5.76 Å². The molecule has 1 aromatic carbocycles. The first kappa shape index (κ1) is 18.4. The molecule has 3 heterocycles. The topological polar surface area (TPSA) is 112 Å². The van der Waals surface area contributed by atoms with Crippen molar-refractivity contribution in [2.45, 2.75) is 26.4 Å². The van der Waals surface area contributed by atoms with E-state index in [1.54, 1.807) is 17.8 Å². The van der Waals surface area contributed by atoms with Gasteiger partial charge in [0.1, 0.15) is 23.6 Å². The summed E-state index contributed by atoms with van der Waals surface area (Å²) in [5.74, 6) is -0.447. The van der Waals surface area contributed by atoms with Crippen molar-refractivity contribution >= 4 is 11.0 Å². The zero-order valence-corrected chi connectivity index (χ0v) is 16.0.